The summed E-state index contributed by atoms with van der Waals surface area (Å²) in [6.45, 7) is 8.16. The second-order valence-corrected chi connectivity index (χ2v) is 10.1. The van der Waals surface area contributed by atoms with Gasteiger partial charge in [-0.05, 0) is 68.4 Å². The molecule has 2 amide bonds. The van der Waals surface area contributed by atoms with Crippen LogP contribution in [0, 0.1) is 17.8 Å². The van der Waals surface area contributed by atoms with E-state index in [0.717, 1.165) is 87.8 Å². The van der Waals surface area contributed by atoms with Crippen LogP contribution >= 0.6 is 11.3 Å². The summed E-state index contributed by atoms with van der Waals surface area (Å²) in [6.07, 6.45) is 7.20. The number of rotatable bonds is 2. The molecule has 0 spiro atoms. The van der Waals surface area contributed by atoms with E-state index in [9.17, 15) is 9.59 Å². The maximum absolute atomic E-state index is 12.9. The first-order chi connectivity index (χ1) is 13.0. The normalized spacial score (nSPS) is 24.7. The number of fused-ring (bicyclic) bond motifs is 1. The van der Waals surface area contributed by atoms with Crippen molar-refractivity contribution in [1.82, 2.24) is 9.80 Å². The van der Waals surface area contributed by atoms with Gasteiger partial charge < -0.3 is 9.80 Å². The molecule has 0 saturated carbocycles. The maximum atomic E-state index is 12.9. The van der Waals surface area contributed by atoms with Gasteiger partial charge >= 0.3 is 0 Å². The topological polar surface area (TPSA) is 40.6 Å². The predicted octanol–water partition coefficient (Wildman–Crippen LogP) is 3.98. The Morgan fingerprint density at radius 1 is 0.926 bits per heavy atom. The molecule has 2 aliphatic heterocycles. The van der Waals surface area contributed by atoms with Crippen LogP contribution in [-0.4, -0.2) is 47.8 Å². The highest BCUT2D eigenvalue weighted by Crippen LogP contribution is 2.34. The quantitative estimate of drug-likeness (QED) is 0.769. The molecule has 0 radical (unpaired) electrons. The zero-order chi connectivity index (χ0) is 19.0. The van der Waals surface area contributed by atoms with Crippen LogP contribution in [0.1, 0.15) is 66.1 Å². The zero-order valence-electron chi connectivity index (χ0n) is 16.7. The number of piperidine rings is 2. The van der Waals surface area contributed by atoms with Gasteiger partial charge in [0.15, 0.2) is 0 Å². The van der Waals surface area contributed by atoms with Crippen LogP contribution in [0.25, 0.3) is 0 Å². The summed E-state index contributed by atoms with van der Waals surface area (Å²) in [6, 6.07) is 2.10. The average molecular weight is 389 g/mol. The number of aryl methyl sites for hydroxylation is 1. The molecule has 0 bridgehead atoms. The van der Waals surface area contributed by atoms with Gasteiger partial charge in [-0.3, -0.25) is 9.59 Å². The first-order valence-corrected chi connectivity index (χ1v) is 11.5. The molecule has 2 fully saturated rings. The summed E-state index contributed by atoms with van der Waals surface area (Å²) in [4.78, 5) is 32.1. The maximum Gasteiger partial charge on any atom is 0.263 e. The van der Waals surface area contributed by atoms with E-state index in [0.29, 0.717) is 5.91 Å². The van der Waals surface area contributed by atoms with Crippen molar-refractivity contribution in [2.45, 2.75) is 58.8 Å². The van der Waals surface area contributed by atoms with Gasteiger partial charge in [-0.1, -0.05) is 13.8 Å². The van der Waals surface area contributed by atoms with Gasteiger partial charge in [-0.15, -0.1) is 11.3 Å². The number of carbonyl (C=O) groups is 2. The van der Waals surface area contributed by atoms with E-state index in [4.69, 9.17) is 0 Å². The van der Waals surface area contributed by atoms with Crippen molar-refractivity contribution in [3.8, 4) is 0 Å². The van der Waals surface area contributed by atoms with Gasteiger partial charge in [-0.25, -0.2) is 0 Å². The largest absolute Gasteiger partial charge is 0.342 e. The molecule has 148 valence electrons. The SMILES string of the molecule is CC1CCN(C(=O)c2cc3c(s2)CCC(C(=O)N2CCC(C)CC2)C3)CC1. The Hall–Kier alpha value is -1.36. The summed E-state index contributed by atoms with van der Waals surface area (Å²) in [5.74, 6) is 2.13. The number of nitrogens with zero attached hydrogens (tertiary/aromatic N) is 2. The Morgan fingerprint density at radius 3 is 2.15 bits per heavy atom. The van der Waals surface area contributed by atoms with Crippen molar-refractivity contribution in [3.05, 3.63) is 21.4 Å². The fraction of sp³-hybridized carbons (Fsp3) is 0.727. The second kappa shape index (κ2) is 7.94. The van der Waals surface area contributed by atoms with Gasteiger partial charge in [0, 0.05) is 37.0 Å². The molecule has 3 heterocycles. The number of likely N-dealkylation sites (tertiary alicyclic amines) is 2. The molecule has 5 heteroatoms. The highest BCUT2D eigenvalue weighted by molar-refractivity contribution is 7.14. The van der Waals surface area contributed by atoms with Crippen LogP contribution in [0.5, 0.6) is 0 Å². The molecule has 1 aliphatic carbocycles. The minimum Gasteiger partial charge on any atom is -0.342 e. The Balaban J connectivity index is 1.40. The molecule has 2 saturated heterocycles. The molecule has 3 aliphatic rings. The lowest BCUT2D eigenvalue weighted by molar-refractivity contribution is -0.137. The van der Waals surface area contributed by atoms with Crippen molar-refractivity contribution in [2.24, 2.45) is 17.8 Å². The fourth-order valence-corrected chi connectivity index (χ4v) is 5.87. The molecule has 4 nitrogen and oxygen atoms in total. The molecule has 1 aromatic heterocycles. The van der Waals surface area contributed by atoms with Gasteiger partial charge in [0.1, 0.15) is 0 Å². The van der Waals surface area contributed by atoms with Gasteiger partial charge in [-0.2, -0.15) is 0 Å². The summed E-state index contributed by atoms with van der Waals surface area (Å²) < 4.78 is 0. The van der Waals surface area contributed by atoms with Crippen molar-refractivity contribution >= 4 is 23.2 Å². The molecule has 27 heavy (non-hydrogen) atoms. The van der Waals surface area contributed by atoms with E-state index in [1.807, 2.05) is 4.90 Å². The lowest BCUT2D eigenvalue weighted by atomic mass is 9.86. The van der Waals surface area contributed by atoms with Crippen molar-refractivity contribution < 1.29 is 9.59 Å². The predicted molar refractivity (Wildman–Crippen MR) is 109 cm³/mol. The lowest BCUT2D eigenvalue weighted by Crippen LogP contribution is -2.42. The summed E-state index contributed by atoms with van der Waals surface area (Å²) in [7, 11) is 0. The van der Waals surface area contributed by atoms with E-state index in [-0.39, 0.29) is 11.8 Å². The Labute approximate surface area is 166 Å². The Kier molecular flexibility index (Phi) is 5.58. The van der Waals surface area contributed by atoms with Crippen LogP contribution in [0.3, 0.4) is 0 Å². The summed E-state index contributed by atoms with van der Waals surface area (Å²) in [5.41, 5.74) is 1.25. The third kappa shape index (κ3) is 4.08. The highest BCUT2D eigenvalue weighted by atomic mass is 32.1. The van der Waals surface area contributed by atoms with E-state index in [2.05, 4.69) is 24.8 Å². The van der Waals surface area contributed by atoms with E-state index < -0.39 is 0 Å². The molecular weight excluding hydrogens is 356 g/mol. The Bertz CT molecular complexity index is 697. The molecular formula is C22H32N2O2S. The lowest BCUT2D eigenvalue weighted by Gasteiger charge is -2.34. The third-order valence-electron chi connectivity index (χ3n) is 6.81. The number of amides is 2. The van der Waals surface area contributed by atoms with Crippen LogP contribution in [0.15, 0.2) is 6.07 Å². The number of carbonyl (C=O) groups excluding carboxylic acids is 2. The zero-order valence-corrected chi connectivity index (χ0v) is 17.5. The van der Waals surface area contributed by atoms with Crippen molar-refractivity contribution in [3.63, 3.8) is 0 Å². The van der Waals surface area contributed by atoms with Crippen LogP contribution in [0.2, 0.25) is 0 Å². The minimum absolute atomic E-state index is 0.110. The van der Waals surface area contributed by atoms with E-state index in [1.54, 1.807) is 11.3 Å². The van der Waals surface area contributed by atoms with Crippen LogP contribution < -0.4 is 0 Å². The molecule has 1 unspecified atom stereocenters. The first kappa shape index (κ1) is 19.0. The molecule has 1 aromatic rings. The summed E-state index contributed by atoms with van der Waals surface area (Å²) in [5, 5.41) is 0. The minimum atomic E-state index is 0.110. The Morgan fingerprint density at radius 2 is 1.52 bits per heavy atom. The number of hydrogen-bond acceptors (Lipinski definition) is 3. The number of hydrogen-bond donors (Lipinski definition) is 0. The molecule has 4 rings (SSSR count). The van der Waals surface area contributed by atoms with Crippen molar-refractivity contribution in [2.75, 3.05) is 26.2 Å². The van der Waals surface area contributed by atoms with Crippen molar-refractivity contribution in [1.29, 1.82) is 0 Å². The van der Waals surface area contributed by atoms with E-state index in [1.165, 1.54) is 10.4 Å². The third-order valence-corrected chi connectivity index (χ3v) is 8.03. The molecule has 0 N–H and O–H groups in total. The van der Waals surface area contributed by atoms with Crippen LogP contribution in [-0.2, 0) is 17.6 Å². The summed E-state index contributed by atoms with van der Waals surface area (Å²) >= 11 is 1.67. The van der Waals surface area contributed by atoms with Gasteiger partial charge in [0.2, 0.25) is 5.91 Å². The number of thiophene rings is 1. The van der Waals surface area contributed by atoms with Crippen LogP contribution in [0.4, 0.5) is 0 Å². The fourth-order valence-electron chi connectivity index (χ4n) is 4.69. The van der Waals surface area contributed by atoms with Gasteiger partial charge in [0.05, 0.1) is 4.88 Å². The first-order valence-electron chi connectivity index (χ1n) is 10.7. The monoisotopic (exact) mass is 388 g/mol. The standard InChI is InChI=1S/C22H32N2O2S/c1-15-5-9-23(10-6-15)21(25)17-3-4-19-18(13-17)14-20(27-19)22(26)24-11-7-16(2)8-12-24/h14-17H,3-13H2,1-2H3. The highest BCUT2D eigenvalue weighted by Gasteiger charge is 2.32. The van der Waals surface area contributed by atoms with Gasteiger partial charge in [0.25, 0.3) is 5.91 Å². The van der Waals surface area contributed by atoms with E-state index >= 15 is 0 Å². The average Bonchev–Trinajstić information content (AvgIpc) is 3.11. The smallest absolute Gasteiger partial charge is 0.263 e. The molecule has 0 aromatic carbocycles. The second-order valence-electron chi connectivity index (χ2n) is 8.98. The molecule has 1 atom stereocenters.